The van der Waals surface area contributed by atoms with Gasteiger partial charge in [0.2, 0.25) is 0 Å². The largest absolute Gasteiger partial charge is 0.387 e. The van der Waals surface area contributed by atoms with Gasteiger partial charge < -0.3 is 10.0 Å². The number of hydrogen-bond acceptors (Lipinski definition) is 5. The highest BCUT2D eigenvalue weighted by atomic mass is 32.1. The summed E-state index contributed by atoms with van der Waals surface area (Å²) < 4.78 is 13.3. The summed E-state index contributed by atoms with van der Waals surface area (Å²) in [5, 5.41) is 13.5. The van der Waals surface area contributed by atoms with Gasteiger partial charge in [0.15, 0.2) is 5.13 Å². The van der Waals surface area contributed by atoms with Crippen molar-refractivity contribution < 1.29 is 9.50 Å². The Morgan fingerprint density at radius 3 is 2.91 bits per heavy atom. The van der Waals surface area contributed by atoms with Crippen molar-refractivity contribution in [3.63, 3.8) is 0 Å². The summed E-state index contributed by atoms with van der Waals surface area (Å²) in [6.45, 7) is 6.26. The van der Waals surface area contributed by atoms with E-state index in [-0.39, 0.29) is 5.82 Å². The number of aliphatic hydroxyl groups excluding tert-OH is 1. The summed E-state index contributed by atoms with van der Waals surface area (Å²) in [5.41, 5.74) is 1.70. The van der Waals surface area contributed by atoms with Gasteiger partial charge in [0.05, 0.1) is 11.8 Å². The van der Waals surface area contributed by atoms with Crippen LogP contribution >= 0.6 is 11.3 Å². The first-order valence-electron chi connectivity index (χ1n) is 7.95. The third-order valence-electron chi connectivity index (χ3n) is 4.13. The van der Waals surface area contributed by atoms with E-state index in [4.69, 9.17) is 0 Å². The van der Waals surface area contributed by atoms with Gasteiger partial charge >= 0.3 is 0 Å². The fourth-order valence-corrected chi connectivity index (χ4v) is 3.75. The van der Waals surface area contributed by atoms with E-state index in [1.54, 1.807) is 23.5 Å². The van der Waals surface area contributed by atoms with Crippen LogP contribution in [0.2, 0.25) is 0 Å². The number of aliphatic hydroxyl groups is 1. The minimum Gasteiger partial charge on any atom is -0.387 e. The van der Waals surface area contributed by atoms with Crippen LogP contribution in [0.4, 0.5) is 9.52 Å². The van der Waals surface area contributed by atoms with E-state index in [0.717, 1.165) is 43.4 Å². The number of benzene rings is 1. The van der Waals surface area contributed by atoms with Gasteiger partial charge in [0.1, 0.15) is 5.82 Å². The number of halogens is 1. The average molecular weight is 335 g/mol. The topological polar surface area (TPSA) is 39.6 Å². The molecule has 0 bridgehead atoms. The predicted molar refractivity (Wildman–Crippen MR) is 91.5 cm³/mol. The smallest absolute Gasteiger partial charge is 0.185 e. The summed E-state index contributed by atoms with van der Waals surface area (Å²) in [6, 6.07) is 6.22. The number of rotatable bonds is 4. The molecule has 0 saturated carbocycles. The Hall–Kier alpha value is -1.50. The highest BCUT2D eigenvalue weighted by Gasteiger charge is 2.20. The van der Waals surface area contributed by atoms with Crippen molar-refractivity contribution in [2.24, 2.45) is 0 Å². The molecule has 124 valence electrons. The molecule has 23 heavy (non-hydrogen) atoms. The third-order valence-corrected chi connectivity index (χ3v) is 5.15. The lowest BCUT2D eigenvalue weighted by Gasteiger charge is -2.24. The van der Waals surface area contributed by atoms with E-state index < -0.39 is 6.10 Å². The molecule has 3 rings (SSSR count). The lowest BCUT2D eigenvalue weighted by molar-refractivity contribution is 0.117. The van der Waals surface area contributed by atoms with Crippen molar-refractivity contribution >= 4 is 16.5 Å². The minimum atomic E-state index is -0.653. The lowest BCUT2D eigenvalue weighted by atomic mass is 10.1. The molecule has 0 unspecified atom stereocenters. The molecule has 2 aromatic rings. The molecule has 1 aliphatic heterocycles. The molecule has 1 aromatic carbocycles. The fraction of sp³-hybridized carbons (Fsp3) is 0.471. The molecule has 1 atom stereocenters. The number of thiazole rings is 1. The van der Waals surface area contributed by atoms with Gasteiger partial charge in [-0.15, -0.1) is 11.3 Å². The molecular weight excluding hydrogens is 313 g/mol. The predicted octanol–water partition coefficient (Wildman–Crippen LogP) is 2.84. The molecule has 0 radical (unpaired) electrons. The molecule has 0 spiro atoms. The van der Waals surface area contributed by atoms with Crippen molar-refractivity contribution in [3.8, 4) is 0 Å². The highest BCUT2D eigenvalue weighted by Crippen LogP contribution is 2.22. The SMILES string of the molecule is Cc1csc(N2CCCN(C[C@H](O)c3cccc(F)c3)CC2)n1. The summed E-state index contributed by atoms with van der Waals surface area (Å²) >= 11 is 1.68. The van der Waals surface area contributed by atoms with Crippen LogP contribution in [0.1, 0.15) is 23.8 Å². The second-order valence-corrected chi connectivity index (χ2v) is 6.82. The van der Waals surface area contributed by atoms with Crippen molar-refractivity contribution in [2.75, 3.05) is 37.6 Å². The molecule has 1 aliphatic rings. The number of β-amino-alcohol motifs (C(OH)–C–C–N with tert-alkyl or cyclic N) is 1. The lowest BCUT2D eigenvalue weighted by Crippen LogP contribution is -2.33. The van der Waals surface area contributed by atoms with Crippen LogP contribution in [0.3, 0.4) is 0 Å². The fourth-order valence-electron chi connectivity index (χ4n) is 2.90. The number of aryl methyl sites for hydroxylation is 1. The van der Waals surface area contributed by atoms with E-state index in [2.05, 4.69) is 20.2 Å². The molecular formula is C17H22FN3OS. The number of aromatic nitrogens is 1. The highest BCUT2D eigenvalue weighted by molar-refractivity contribution is 7.13. The first-order chi connectivity index (χ1) is 11.1. The van der Waals surface area contributed by atoms with Crippen LogP contribution < -0.4 is 4.90 Å². The second kappa shape index (κ2) is 7.38. The Morgan fingerprint density at radius 2 is 2.17 bits per heavy atom. The Bertz CT molecular complexity index is 648. The molecule has 0 amide bonds. The van der Waals surface area contributed by atoms with Crippen LogP contribution in [0, 0.1) is 12.7 Å². The van der Waals surface area contributed by atoms with Gasteiger partial charge in [-0.2, -0.15) is 0 Å². The average Bonchev–Trinajstić information content (AvgIpc) is 2.83. The first-order valence-corrected chi connectivity index (χ1v) is 8.83. The molecule has 4 nitrogen and oxygen atoms in total. The van der Waals surface area contributed by atoms with Crippen molar-refractivity contribution in [1.82, 2.24) is 9.88 Å². The van der Waals surface area contributed by atoms with Gasteiger partial charge in [-0.3, -0.25) is 4.90 Å². The standard InChI is InChI=1S/C17H22FN3OS/c1-13-12-23-17(19-13)21-7-3-6-20(8-9-21)11-16(22)14-4-2-5-15(18)10-14/h2,4-5,10,12,16,22H,3,6-9,11H2,1H3/t16-/m0/s1. The van der Waals surface area contributed by atoms with Gasteiger partial charge in [-0.25, -0.2) is 9.37 Å². The Kier molecular flexibility index (Phi) is 5.25. The monoisotopic (exact) mass is 335 g/mol. The molecule has 1 N–H and O–H groups in total. The van der Waals surface area contributed by atoms with Crippen molar-refractivity contribution in [3.05, 3.63) is 46.7 Å². The molecule has 1 fully saturated rings. The van der Waals surface area contributed by atoms with Crippen molar-refractivity contribution in [2.45, 2.75) is 19.4 Å². The van der Waals surface area contributed by atoms with Gasteiger partial charge in [-0.05, 0) is 31.0 Å². The number of hydrogen-bond donors (Lipinski definition) is 1. The summed E-state index contributed by atoms with van der Waals surface area (Å²) in [4.78, 5) is 9.11. The van der Waals surface area contributed by atoms with Crippen LogP contribution in [-0.2, 0) is 0 Å². The zero-order valence-corrected chi connectivity index (χ0v) is 14.1. The Morgan fingerprint density at radius 1 is 1.30 bits per heavy atom. The normalized spacial score (nSPS) is 18.0. The van der Waals surface area contributed by atoms with E-state index in [1.165, 1.54) is 12.1 Å². The van der Waals surface area contributed by atoms with E-state index in [0.29, 0.717) is 12.1 Å². The van der Waals surface area contributed by atoms with Crippen LogP contribution in [0.15, 0.2) is 29.6 Å². The van der Waals surface area contributed by atoms with E-state index >= 15 is 0 Å². The van der Waals surface area contributed by atoms with Crippen LogP contribution in [0.25, 0.3) is 0 Å². The zero-order chi connectivity index (χ0) is 16.2. The molecule has 1 saturated heterocycles. The molecule has 2 heterocycles. The maximum absolute atomic E-state index is 13.3. The summed E-state index contributed by atoms with van der Waals surface area (Å²) in [5.74, 6) is -0.303. The maximum atomic E-state index is 13.3. The van der Waals surface area contributed by atoms with Gasteiger partial charge in [0, 0.05) is 38.1 Å². The maximum Gasteiger partial charge on any atom is 0.185 e. The summed E-state index contributed by atoms with van der Waals surface area (Å²) in [6.07, 6.45) is 0.383. The van der Waals surface area contributed by atoms with E-state index in [9.17, 15) is 9.50 Å². The zero-order valence-electron chi connectivity index (χ0n) is 13.3. The molecule has 1 aromatic heterocycles. The third kappa shape index (κ3) is 4.28. The minimum absolute atomic E-state index is 0.303. The Labute approximate surface area is 140 Å². The molecule has 6 heteroatoms. The van der Waals surface area contributed by atoms with Crippen LogP contribution in [0.5, 0.6) is 0 Å². The van der Waals surface area contributed by atoms with Crippen molar-refractivity contribution in [1.29, 1.82) is 0 Å². The van der Waals surface area contributed by atoms with Gasteiger partial charge in [-0.1, -0.05) is 12.1 Å². The van der Waals surface area contributed by atoms with E-state index in [1.807, 2.05) is 6.92 Å². The molecule has 0 aliphatic carbocycles. The Balaban J connectivity index is 1.57. The quantitative estimate of drug-likeness (QED) is 0.933. The van der Waals surface area contributed by atoms with Gasteiger partial charge in [0.25, 0.3) is 0 Å². The summed E-state index contributed by atoms with van der Waals surface area (Å²) in [7, 11) is 0. The number of nitrogens with zero attached hydrogens (tertiary/aromatic N) is 3. The number of anilines is 1. The second-order valence-electron chi connectivity index (χ2n) is 5.98. The first kappa shape index (κ1) is 16.4. The van der Waals surface area contributed by atoms with Crippen LogP contribution in [-0.4, -0.2) is 47.7 Å².